The minimum absolute atomic E-state index is 0. The molecule has 4 heteroatoms. The van der Waals surface area contributed by atoms with Gasteiger partial charge in [0.2, 0.25) is 0 Å². The number of hydrogen-bond donors (Lipinski definition) is 1. The zero-order chi connectivity index (χ0) is 3.58. The van der Waals surface area contributed by atoms with Gasteiger partial charge >= 0.3 is 23.1 Å². The third-order valence-corrected chi connectivity index (χ3v) is 0. The molecule has 32 valence electrons. The van der Waals surface area contributed by atoms with Crippen LogP contribution in [0.5, 0.6) is 0 Å². The molecule has 0 spiro atoms. The monoisotopic (exact) mass is 324 g/mol. The largest absolute Gasteiger partial charge is 2.00 e. The quantitative estimate of drug-likeness (QED) is 0.634. The van der Waals surface area contributed by atoms with E-state index in [2.05, 4.69) is 0 Å². The van der Waals surface area contributed by atoms with Crippen molar-refractivity contribution >= 4 is 29.0 Å². The second-order valence-corrected chi connectivity index (χ2v) is 0.519. The van der Waals surface area contributed by atoms with Crippen molar-refractivity contribution in [1.29, 1.82) is 0 Å². The Kier molecular flexibility index (Phi) is 25.0. The SMILES string of the molecule is CC(=O)O.[H-].[H-].[Mg+2].[U]. The fourth-order valence-corrected chi connectivity index (χ4v) is 0. The van der Waals surface area contributed by atoms with Gasteiger partial charge in [-0.2, -0.15) is 0 Å². The molecule has 0 aliphatic heterocycles. The molecule has 0 aromatic carbocycles. The molecule has 0 aliphatic rings. The minimum atomic E-state index is -0.833. The van der Waals surface area contributed by atoms with E-state index in [0.717, 1.165) is 6.92 Å². The van der Waals surface area contributed by atoms with Gasteiger partial charge in [-0.05, 0) is 0 Å². The van der Waals surface area contributed by atoms with Crippen LogP contribution in [0.2, 0.25) is 0 Å². The Labute approximate surface area is 79.2 Å². The molecule has 0 radical (unpaired) electrons. The molecule has 0 fully saturated rings. The van der Waals surface area contributed by atoms with Crippen LogP contribution in [0.25, 0.3) is 0 Å². The van der Waals surface area contributed by atoms with Crippen LogP contribution in [0.1, 0.15) is 9.78 Å². The number of aliphatic carboxylic acids is 1. The predicted octanol–water partition coefficient (Wildman–Crippen LogP) is -0.0649. The maximum absolute atomic E-state index is 9.00. The summed E-state index contributed by atoms with van der Waals surface area (Å²) in [7, 11) is 0. The summed E-state index contributed by atoms with van der Waals surface area (Å²) in [5.41, 5.74) is 0. The summed E-state index contributed by atoms with van der Waals surface area (Å²) in [5.74, 6) is -0.833. The average molecular weight is 324 g/mol. The van der Waals surface area contributed by atoms with Gasteiger partial charge in [0.05, 0.1) is 0 Å². The van der Waals surface area contributed by atoms with E-state index >= 15 is 0 Å². The van der Waals surface area contributed by atoms with Crippen molar-refractivity contribution in [3.05, 3.63) is 0 Å². The summed E-state index contributed by atoms with van der Waals surface area (Å²) in [6.45, 7) is 1.08. The molecule has 0 atom stereocenters. The summed E-state index contributed by atoms with van der Waals surface area (Å²) >= 11 is 0. The summed E-state index contributed by atoms with van der Waals surface area (Å²) < 4.78 is 0. The standard InChI is InChI=1S/C2H4O2.Mg.U.2H/c1-2(3)4;;;;/h1H3,(H,3,4);;;;/q;+2;;2*-1. The van der Waals surface area contributed by atoms with E-state index in [4.69, 9.17) is 9.90 Å². The molecule has 2 nitrogen and oxygen atoms in total. The molecular formula is C2H6MgO2U. The molecule has 0 unspecified atom stereocenters. The van der Waals surface area contributed by atoms with Gasteiger partial charge in [-0.15, -0.1) is 0 Å². The fraction of sp³-hybridized carbons (Fsp3) is 0.500. The molecule has 0 saturated carbocycles. The summed E-state index contributed by atoms with van der Waals surface area (Å²) in [4.78, 5) is 9.00. The van der Waals surface area contributed by atoms with Gasteiger partial charge in [0.1, 0.15) is 0 Å². The van der Waals surface area contributed by atoms with Crippen LogP contribution < -0.4 is 0 Å². The van der Waals surface area contributed by atoms with Crippen molar-refractivity contribution in [2.75, 3.05) is 0 Å². The Morgan fingerprint density at radius 3 is 1.83 bits per heavy atom. The molecule has 0 amide bonds. The Bertz CT molecular complexity index is 41.0. The van der Waals surface area contributed by atoms with Crippen molar-refractivity contribution in [1.82, 2.24) is 0 Å². The molecule has 0 heterocycles. The molecule has 0 bridgehead atoms. The average Bonchev–Trinajstić information content (AvgIpc) is 0.811. The van der Waals surface area contributed by atoms with Gasteiger partial charge in [0.25, 0.3) is 5.97 Å². The van der Waals surface area contributed by atoms with Crippen molar-refractivity contribution in [2.24, 2.45) is 0 Å². The van der Waals surface area contributed by atoms with Crippen LogP contribution in [-0.2, 0) is 4.79 Å². The zero-order valence-corrected chi connectivity index (χ0v) is 9.14. The minimum Gasteiger partial charge on any atom is -1.00 e. The van der Waals surface area contributed by atoms with Crippen LogP contribution in [0.4, 0.5) is 0 Å². The number of rotatable bonds is 0. The van der Waals surface area contributed by atoms with E-state index in [-0.39, 0.29) is 57.0 Å². The molecule has 6 heavy (non-hydrogen) atoms. The van der Waals surface area contributed by atoms with Crippen molar-refractivity contribution in [3.8, 4) is 0 Å². The van der Waals surface area contributed by atoms with Crippen molar-refractivity contribution in [2.45, 2.75) is 6.92 Å². The van der Waals surface area contributed by atoms with Gasteiger partial charge in [-0.3, -0.25) is 4.79 Å². The maximum Gasteiger partial charge on any atom is 2.00 e. The number of carboxylic acids is 1. The molecule has 0 aliphatic carbocycles. The Hall–Kier alpha value is 1.29. The molecular weight excluding hydrogens is 318 g/mol. The molecule has 0 aromatic rings. The summed E-state index contributed by atoms with van der Waals surface area (Å²) in [5, 5.41) is 7.42. The van der Waals surface area contributed by atoms with Crippen molar-refractivity contribution < 1.29 is 43.9 Å². The van der Waals surface area contributed by atoms with E-state index < -0.39 is 5.97 Å². The molecule has 0 rings (SSSR count). The van der Waals surface area contributed by atoms with Gasteiger partial charge < -0.3 is 7.96 Å². The second-order valence-electron chi connectivity index (χ2n) is 0.519. The first-order valence-electron chi connectivity index (χ1n) is 0.928. The molecule has 1 N–H and O–H groups in total. The van der Waals surface area contributed by atoms with E-state index in [1.807, 2.05) is 0 Å². The van der Waals surface area contributed by atoms with Crippen LogP contribution in [0, 0.1) is 31.1 Å². The first-order chi connectivity index (χ1) is 1.73. The third-order valence-electron chi connectivity index (χ3n) is 0. The van der Waals surface area contributed by atoms with Gasteiger partial charge in [0.15, 0.2) is 0 Å². The number of carboxylic acid groups (broad SMARTS) is 1. The van der Waals surface area contributed by atoms with E-state index in [1.54, 1.807) is 0 Å². The second kappa shape index (κ2) is 9.56. The Morgan fingerprint density at radius 1 is 1.83 bits per heavy atom. The zero-order valence-electron chi connectivity index (χ0n) is 5.56. The fourth-order valence-electron chi connectivity index (χ4n) is 0. The predicted molar refractivity (Wildman–Crippen MR) is 21.3 cm³/mol. The van der Waals surface area contributed by atoms with Gasteiger partial charge in [0, 0.05) is 38.0 Å². The molecule has 0 saturated heterocycles. The topological polar surface area (TPSA) is 37.3 Å². The van der Waals surface area contributed by atoms with E-state index in [9.17, 15) is 0 Å². The number of carbonyl (C=O) groups is 1. The smallest absolute Gasteiger partial charge is 1.00 e. The van der Waals surface area contributed by atoms with E-state index in [1.165, 1.54) is 0 Å². The summed E-state index contributed by atoms with van der Waals surface area (Å²) in [6.07, 6.45) is 0. The number of hydrogen-bond acceptors (Lipinski definition) is 1. The third kappa shape index (κ3) is 58.6. The Morgan fingerprint density at radius 2 is 1.83 bits per heavy atom. The van der Waals surface area contributed by atoms with Gasteiger partial charge in [-0.1, -0.05) is 0 Å². The van der Waals surface area contributed by atoms with Crippen LogP contribution in [0.15, 0.2) is 0 Å². The first-order valence-corrected chi connectivity index (χ1v) is 0.928. The van der Waals surface area contributed by atoms with Gasteiger partial charge in [-0.25, -0.2) is 0 Å². The summed E-state index contributed by atoms with van der Waals surface area (Å²) in [6, 6.07) is 0. The maximum atomic E-state index is 9.00. The molecule has 0 aromatic heterocycles. The Balaban J connectivity index is -0.00000000750. The van der Waals surface area contributed by atoms with Crippen LogP contribution in [-0.4, -0.2) is 34.1 Å². The first kappa shape index (κ1) is 15.7. The normalized spacial score (nSPS) is 4.17. The van der Waals surface area contributed by atoms with Crippen LogP contribution >= 0.6 is 0 Å². The van der Waals surface area contributed by atoms with Crippen molar-refractivity contribution in [3.63, 3.8) is 0 Å². The van der Waals surface area contributed by atoms with E-state index in [0.29, 0.717) is 0 Å². The van der Waals surface area contributed by atoms with Crippen LogP contribution in [0.3, 0.4) is 0 Å².